The van der Waals surface area contributed by atoms with Crippen LogP contribution < -0.4 is 15.8 Å². The second kappa shape index (κ2) is 7.53. The van der Waals surface area contributed by atoms with Crippen molar-refractivity contribution in [1.29, 1.82) is 0 Å². The third kappa shape index (κ3) is 5.64. The zero-order valence-electron chi connectivity index (χ0n) is 10.7. The minimum atomic E-state index is -3.31. The highest BCUT2D eigenvalue weighted by molar-refractivity contribution is 7.89. The lowest BCUT2D eigenvalue weighted by Crippen LogP contribution is -2.34. The van der Waals surface area contributed by atoms with Crippen molar-refractivity contribution in [2.45, 2.75) is 13.3 Å². The summed E-state index contributed by atoms with van der Waals surface area (Å²) >= 11 is 1.37. The van der Waals surface area contributed by atoms with E-state index in [0.717, 1.165) is 5.01 Å². The number of rotatable bonds is 8. The van der Waals surface area contributed by atoms with Gasteiger partial charge in [-0.2, -0.15) is 0 Å². The summed E-state index contributed by atoms with van der Waals surface area (Å²) in [5.41, 5.74) is 5.70. The van der Waals surface area contributed by atoms with Gasteiger partial charge in [0.2, 0.25) is 10.0 Å². The van der Waals surface area contributed by atoms with E-state index in [2.05, 4.69) is 15.0 Å². The molecular formula is C10H18N4O3S2. The number of aromatic nitrogens is 1. The van der Waals surface area contributed by atoms with Crippen molar-refractivity contribution in [3.63, 3.8) is 0 Å². The Labute approximate surface area is 116 Å². The molecule has 0 radical (unpaired) electrons. The summed E-state index contributed by atoms with van der Waals surface area (Å²) in [6.45, 7) is 2.57. The molecule has 0 aliphatic rings. The number of amides is 1. The van der Waals surface area contributed by atoms with Crippen molar-refractivity contribution >= 4 is 27.3 Å². The number of nitrogens with two attached hydrogens (primary N) is 1. The third-order valence-corrected chi connectivity index (χ3v) is 4.54. The van der Waals surface area contributed by atoms with Gasteiger partial charge >= 0.3 is 0 Å². The first kappa shape index (κ1) is 16.0. The van der Waals surface area contributed by atoms with E-state index in [1.54, 1.807) is 12.3 Å². The van der Waals surface area contributed by atoms with Gasteiger partial charge in [-0.05, 0) is 6.54 Å². The van der Waals surface area contributed by atoms with Gasteiger partial charge in [0.25, 0.3) is 5.91 Å². The maximum Gasteiger partial charge on any atom is 0.270 e. The standard InChI is InChI=1S/C10H18N4O3S2/c1-2-13-19(16,17)6-5-12-10(15)8-7-18-9(14-8)3-4-11/h7,13H,2-6,11H2,1H3,(H,12,15). The number of hydrogen-bond donors (Lipinski definition) is 3. The summed E-state index contributed by atoms with van der Waals surface area (Å²) in [4.78, 5) is 15.8. The molecule has 4 N–H and O–H groups in total. The zero-order valence-corrected chi connectivity index (χ0v) is 12.3. The predicted octanol–water partition coefficient (Wildman–Crippen LogP) is -0.687. The first-order chi connectivity index (χ1) is 8.98. The van der Waals surface area contributed by atoms with Crippen LogP contribution >= 0.6 is 11.3 Å². The molecule has 0 atom stereocenters. The van der Waals surface area contributed by atoms with Crippen LogP contribution in [0, 0.1) is 0 Å². The minimum absolute atomic E-state index is 0.0535. The highest BCUT2D eigenvalue weighted by Gasteiger charge is 2.12. The average Bonchev–Trinajstić information content (AvgIpc) is 2.77. The quantitative estimate of drug-likeness (QED) is 0.588. The van der Waals surface area contributed by atoms with Crippen molar-refractivity contribution in [1.82, 2.24) is 15.0 Å². The highest BCUT2D eigenvalue weighted by Crippen LogP contribution is 2.09. The van der Waals surface area contributed by atoms with Gasteiger partial charge in [-0.1, -0.05) is 6.92 Å². The second-order valence-electron chi connectivity index (χ2n) is 3.74. The fourth-order valence-electron chi connectivity index (χ4n) is 1.34. The molecule has 1 aromatic rings. The summed E-state index contributed by atoms with van der Waals surface area (Å²) in [7, 11) is -3.31. The van der Waals surface area contributed by atoms with Crippen molar-refractivity contribution in [3.8, 4) is 0 Å². The van der Waals surface area contributed by atoms with E-state index in [9.17, 15) is 13.2 Å². The highest BCUT2D eigenvalue weighted by atomic mass is 32.2. The number of sulfonamides is 1. The van der Waals surface area contributed by atoms with Gasteiger partial charge in [-0.15, -0.1) is 11.3 Å². The van der Waals surface area contributed by atoms with Crippen molar-refractivity contribution in [2.75, 3.05) is 25.4 Å². The molecule has 0 aliphatic carbocycles. The van der Waals surface area contributed by atoms with E-state index in [1.807, 2.05) is 0 Å². The maximum absolute atomic E-state index is 11.7. The maximum atomic E-state index is 11.7. The molecular weight excluding hydrogens is 288 g/mol. The van der Waals surface area contributed by atoms with Gasteiger partial charge in [0, 0.05) is 24.9 Å². The number of carbonyl (C=O) groups excluding carboxylic acids is 1. The number of thiazole rings is 1. The van der Waals surface area contributed by atoms with E-state index >= 15 is 0 Å². The summed E-state index contributed by atoms with van der Waals surface area (Å²) in [5, 5.41) is 4.96. The molecule has 1 amide bonds. The Balaban J connectivity index is 2.42. The minimum Gasteiger partial charge on any atom is -0.350 e. The summed E-state index contributed by atoms with van der Waals surface area (Å²) in [6, 6.07) is 0. The van der Waals surface area contributed by atoms with Crippen molar-refractivity contribution in [3.05, 3.63) is 16.1 Å². The first-order valence-corrected chi connectivity index (χ1v) is 8.41. The average molecular weight is 306 g/mol. The van der Waals surface area contributed by atoms with Crippen LogP contribution in [-0.4, -0.2) is 44.7 Å². The number of nitrogens with one attached hydrogen (secondary N) is 2. The lowest BCUT2D eigenvalue weighted by molar-refractivity contribution is 0.0951. The van der Waals surface area contributed by atoms with Crippen molar-refractivity contribution in [2.24, 2.45) is 5.73 Å². The molecule has 1 rings (SSSR count). The topological polar surface area (TPSA) is 114 Å². The molecule has 0 aliphatic heterocycles. The Kier molecular flexibility index (Phi) is 6.35. The van der Waals surface area contributed by atoms with Crippen molar-refractivity contribution < 1.29 is 13.2 Å². The molecule has 0 saturated heterocycles. The van der Waals surface area contributed by atoms with Gasteiger partial charge in [0.15, 0.2) is 0 Å². The molecule has 1 heterocycles. The fraction of sp³-hybridized carbons (Fsp3) is 0.600. The Bertz CT molecular complexity index is 513. The van der Waals surface area contributed by atoms with E-state index in [1.165, 1.54) is 11.3 Å². The smallest absolute Gasteiger partial charge is 0.270 e. The molecule has 9 heteroatoms. The molecule has 0 spiro atoms. The first-order valence-electron chi connectivity index (χ1n) is 5.88. The molecule has 108 valence electrons. The summed E-state index contributed by atoms with van der Waals surface area (Å²) in [6.07, 6.45) is 0.632. The Morgan fingerprint density at radius 3 is 2.89 bits per heavy atom. The van der Waals surface area contributed by atoms with Crippen LogP contribution in [0.3, 0.4) is 0 Å². The Morgan fingerprint density at radius 2 is 2.26 bits per heavy atom. The molecule has 0 unspecified atom stereocenters. The Hall–Kier alpha value is -1.03. The molecule has 7 nitrogen and oxygen atoms in total. The number of carbonyl (C=O) groups is 1. The van der Waals surface area contributed by atoms with Gasteiger partial charge in [-0.25, -0.2) is 18.1 Å². The van der Waals surface area contributed by atoms with Crippen LogP contribution in [0.15, 0.2) is 5.38 Å². The SMILES string of the molecule is CCNS(=O)(=O)CCNC(=O)c1csc(CCN)n1. The molecule has 0 bridgehead atoms. The van der Waals surface area contributed by atoms with E-state index in [4.69, 9.17) is 5.73 Å². The lowest BCUT2D eigenvalue weighted by atomic mass is 10.4. The molecule has 19 heavy (non-hydrogen) atoms. The second-order valence-corrected chi connectivity index (χ2v) is 6.61. The van der Waals surface area contributed by atoms with E-state index < -0.39 is 10.0 Å². The van der Waals surface area contributed by atoms with Crippen LogP contribution in [0.4, 0.5) is 0 Å². The van der Waals surface area contributed by atoms with Gasteiger partial charge < -0.3 is 11.1 Å². The summed E-state index contributed by atoms with van der Waals surface area (Å²) in [5.74, 6) is -0.516. The van der Waals surface area contributed by atoms with Crippen LogP contribution in [0.5, 0.6) is 0 Å². The fourth-order valence-corrected chi connectivity index (χ4v) is 3.08. The molecule has 0 saturated carbocycles. The van der Waals surface area contributed by atoms with Crippen LogP contribution in [0.25, 0.3) is 0 Å². The van der Waals surface area contributed by atoms with Gasteiger partial charge in [0.1, 0.15) is 5.69 Å². The van der Waals surface area contributed by atoms with Crippen LogP contribution in [0.2, 0.25) is 0 Å². The largest absolute Gasteiger partial charge is 0.350 e. The zero-order chi connectivity index (χ0) is 14.3. The molecule has 0 fully saturated rings. The predicted molar refractivity (Wildman–Crippen MR) is 74.7 cm³/mol. The molecule has 0 aromatic carbocycles. The molecule has 1 aromatic heterocycles. The van der Waals surface area contributed by atoms with Crippen LogP contribution in [0.1, 0.15) is 22.4 Å². The number of nitrogens with zero attached hydrogens (tertiary/aromatic N) is 1. The Morgan fingerprint density at radius 1 is 1.53 bits per heavy atom. The lowest BCUT2D eigenvalue weighted by Gasteiger charge is -2.05. The van der Waals surface area contributed by atoms with E-state index in [0.29, 0.717) is 25.2 Å². The third-order valence-electron chi connectivity index (χ3n) is 2.16. The monoisotopic (exact) mass is 306 g/mol. The number of hydrogen-bond acceptors (Lipinski definition) is 6. The van der Waals surface area contributed by atoms with Gasteiger partial charge in [0.05, 0.1) is 10.8 Å². The van der Waals surface area contributed by atoms with E-state index in [-0.39, 0.29) is 18.2 Å². The normalized spacial score (nSPS) is 11.5. The summed E-state index contributed by atoms with van der Waals surface area (Å²) < 4.78 is 25.0. The van der Waals surface area contributed by atoms with Crippen LogP contribution in [-0.2, 0) is 16.4 Å². The van der Waals surface area contributed by atoms with Gasteiger partial charge in [-0.3, -0.25) is 4.79 Å².